The van der Waals surface area contributed by atoms with Gasteiger partial charge in [-0.25, -0.2) is 9.97 Å². The van der Waals surface area contributed by atoms with Gasteiger partial charge in [-0.15, -0.1) is 0 Å². The van der Waals surface area contributed by atoms with E-state index in [1.807, 2.05) is 23.2 Å². The second kappa shape index (κ2) is 6.36. The van der Waals surface area contributed by atoms with Gasteiger partial charge in [-0.3, -0.25) is 4.79 Å². The zero-order valence-electron chi connectivity index (χ0n) is 14.4. The van der Waals surface area contributed by atoms with Crippen molar-refractivity contribution < 1.29 is 4.79 Å². The minimum Gasteiger partial charge on any atom is -0.356 e. The van der Waals surface area contributed by atoms with Gasteiger partial charge in [0.25, 0.3) is 0 Å². The Bertz CT molecular complexity index is 824. The lowest BCUT2D eigenvalue weighted by atomic mass is 9.88. The Morgan fingerprint density at radius 3 is 3.12 bits per heavy atom. The molecule has 7 nitrogen and oxygen atoms in total. The number of hydrogen-bond donors (Lipinski definition) is 1. The molecule has 1 saturated carbocycles. The summed E-state index contributed by atoms with van der Waals surface area (Å²) < 4.78 is 0. The minimum absolute atomic E-state index is 0.00682. The number of fused-ring (bicyclic) bond motifs is 2. The molecule has 130 valence electrons. The monoisotopic (exact) mass is 338 g/mol. The van der Waals surface area contributed by atoms with Crippen molar-refractivity contribution in [2.24, 2.45) is 11.8 Å². The summed E-state index contributed by atoms with van der Waals surface area (Å²) in [5.41, 5.74) is 0.862. The molecule has 0 radical (unpaired) electrons. The molecule has 3 atom stereocenters. The van der Waals surface area contributed by atoms with Gasteiger partial charge in [0.05, 0.1) is 11.5 Å². The molecule has 2 aromatic heterocycles. The molecule has 0 bridgehead atoms. The predicted octanol–water partition coefficient (Wildman–Crippen LogP) is 1.93. The molecule has 3 heterocycles. The Kier molecular flexibility index (Phi) is 4.04. The molecular weight excluding hydrogens is 316 g/mol. The number of likely N-dealkylation sites (tertiary alicyclic amines) is 1. The summed E-state index contributed by atoms with van der Waals surface area (Å²) in [7, 11) is 2.11. The highest BCUT2D eigenvalue weighted by molar-refractivity contribution is 5.87. The van der Waals surface area contributed by atoms with Crippen molar-refractivity contribution in [3.63, 3.8) is 0 Å². The summed E-state index contributed by atoms with van der Waals surface area (Å²) in [4.78, 5) is 28.1. The Morgan fingerprint density at radius 2 is 2.28 bits per heavy atom. The van der Waals surface area contributed by atoms with Crippen LogP contribution in [0.2, 0.25) is 0 Å². The van der Waals surface area contributed by atoms with E-state index in [9.17, 15) is 4.79 Å². The SMILES string of the molecule is CN(c1ncnc2[nH]ccc12)C1CC2CCN(C(=O)CC#N)CC2C1. The van der Waals surface area contributed by atoms with Crippen LogP contribution in [0.5, 0.6) is 0 Å². The maximum Gasteiger partial charge on any atom is 0.236 e. The number of aromatic amines is 1. The van der Waals surface area contributed by atoms with Crippen molar-refractivity contribution in [2.45, 2.75) is 31.7 Å². The molecule has 0 spiro atoms. The van der Waals surface area contributed by atoms with Crippen LogP contribution >= 0.6 is 0 Å². The van der Waals surface area contributed by atoms with Crippen LogP contribution in [0.1, 0.15) is 25.7 Å². The van der Waals surface area contributed by atoms with Crippen LogP contribution < -0.4 is 4.90 Å². The van der Waals surface area contributed by atoms with Crippen LogP contribution in [-0.2, 0) is 4.79 Å². The van der Waals surface area contributed by atoms with Gasteiger partial charge in [-0.2, -0.15) is 5.26 Å². The molecule has 2 aromatic rings. The Labute approximate surface area is 146 Å². The minimum atomic E-state index is -0.0254. The molecule has 3 unspecified atom stereocenters. The lowest BCUT2D eigenvalue weighted by Gasteiger charge is -2.34. The molecule has 1 amide bonds. The van der Waals surface area contributed by atoms with Gasteiger partial charge >= 0.3 is 0 Å². The average molecular weight is 338 g/mol. The molecule has 1 aliphatic heterocycles. The Morgan fingerprint density at radius 1 is 1.44 bits per heavy atom. The third-order valence-electron chi connectivity index (χ3n) is 5.84. The van der Waals surface area contributed by atoms with E-state index in [-0.39, 0.29) is 12.3 Å². The van der Waals surface area contributed by atoms with Crippen molar-refractivity contribution in [2.75, 3.05) is 25.0 Å². The molecule has 4 rings (SSSR count). The second-order valence-corrected chi connectivity index (χ2v) is 7.16. The van der Waals surface area contributed by atoms with Crippen molar-refractivity contribution in [1.82, 2.24) is 19.9 Å². The van der Waals surface area contributed by atoms with Crippen molar-refractivity contribution in [3.05, 3.63) is 18.6 Å². The number of nitrogens with zero attached hydrogens (tertiary/aromatic N) is 5. The number of rotatable bonds is 3. The summed E-state index contributed by atoms with van der Waals surface area (Å²) in [5.74, 6) is 2.12. The van der Waals surface area contributed by atoms with Crippen LogP contribution in [0.15, 0.2) is 18.6 Å². The summed E-state index contributed by atoms with van der Waals surface area (Å²) in [6, 6.07) is 4.42. The average Bonchev–Trinajstić information content (AvgIpc) is 3.26. The van der Waals surface area contributed by atoms with E-state index in [4.69, 9.17) is 5.26 Å². The summed E-state index contributed by atoms with van der Waals surface area (Å²) >= 11 is 0. The quantitative estimate of drug-likeness (QED) is 0.924. The first-order valence-corrected chi connectivity index (χ1v) is 8.83. The molecule has 25 heavy (non-hydrogen) atoms. The smallest absolute Gasteiger partial charge is 0.236 e. The highest BCUT2D eigenvalue weighted by Crippen LogP contribution is 2.41. The van der Waals surface area contributed by atoms with Crippen LogP contribution in [0.4, 0.5) is 5.82 Å². The topological polar surface area (TPSA) is 88.9 Å². The van der Waals surface area contributed by atoms with Gasteiger partial charge in [-0.05, 0) is 37.2 Å². The van der Waals surface area contributed by atoms with Crippen molar-refractivity contribution >= 4 is 22.8 Å². The van der Waals surface area contributed by atoms with Crippen LogP contribution in [0.25, 0.3) is 11.0 Å². The van der Waals surface area contributed by atoms with E-state index in [2.05, 4.69) is 26.9 Å². The Hall–Kier alpha value is -2.62. The van der Waals surface area contributed by atoms with Gasteiger partial charge in [-0.1, -0.05) is 0 Å². The fourth-order valence-electron chi connectivity index (χ4n) is 4.49. The lowest BCUT2D eigenvalue weighted by molar-refractivity contribution is -0.132. The van der Waals surface area contributed by atoms with Crippen molar-refractivity contribution in [3.8, 4) is 6.07 Å². The molecule has 7 heteroatoms. The van der Waals surface area contributed by atoms with Crippen LogP contribution in [0.3, 0.4) is 0 Å². The number of piperidine rings is 1. The summed E-state index contributed by atoms with van der Waals surface area (Å²) in [6.07, 6.45) is 6.73. The van der Waals surface area contributed by atoms with Gasteiger partial charge in [0.1, 0.15) is 24.2 Å². The number of amides is 1. The van der Waals surface area contributed by atoms with E-state index >= 15 is 0 Å². The number of carbonyl (C=O) groups is 1. The van der Waals surface area contributed by atoms with Gasteiger partial charge in [0.15, 0.2) is 0 Å². The zero-order chi connectivity index (χ0) is 17.4. The number of H-pyrrole nitrogens is 1. The van der Waals surface area contributed by atoms with Crippen LogP contribution in [-0.4, -0.2) is 51.9 Å². The highest BCUT2D eigenvalue weighted by atomic mass is 16.2. The standard InChI is InChI=1S/C18H22N6O/c1-23(18-15-3-6-20-17(15)21-11-22-18)14-8-12-4-7-24(10-13(12)9-14)16(25)2-5-19/h3,6,11-14H,2,4,7-10H2,1H3,(H,20,21,22). The fraction of sp³-hybridized carbons (Fsp3) is 0.556. The number of carbonyl (C=O) groups excluding carboxylic acids is 1. The molecule has 1 saturated heterocycles. The number of anilines is 1. The second-order valence-electron chi connectivity index (χ2n) is 7.16. The lowest BCUT2D eigenvalue weighted by Crippen LogP contribution is -2.42. The normalized spacial score (nSPS) is 25.6. The van der Waals surface area contributed by atoms with Gasteiger partial charge in [0.2, 0.25) is 5.91 Å². The molecule has 2 fully saturated rings. The maximum atomic E-state index is 12.0. The van der Waals surface area contributed by atoms with Gasteiger partial charge in [0, 0.05) is 32.4 Å². The van der Waals surface area contributed by atoms with E-state index in [1.165, 1.54) is 0 Å². The first-order chi connectivity index (χ1) is 12.2. The maximum absolute atomic E-state index is 12.0. The van der Waals surface area contributed by atoms with Crippen LogP contribution in [0, 0.1) is 23.2 Å². The third kappa shape index (κ3) is 2.82. The molecule has 1 N–H and O–H groups in total. The molecule has 0 aromatic carbocycles. The largest absolute Gasteiger partial charge is 0.356 e. The number of aromatic nitrogens is 3. The number of hydrogen-bond acceptors (Lipinski definition) is 5. The van der Waals surface area contributed by atoms with E-state index in [0.29, 0.717) is 17.9 Å². The van der Waals surface area contributed by atoms with E-state index < -0.39 is 0 Å². The third-order valence-corrected chi connectivity index (χ3v) is 5.84. The van der Waals surface area contributed by atoms with Gasteiger partial charge < -0.3 is 14.8 Å². The van der Waals surface area contributed by atoms with Crippen molar-refractivity contribution in [1.29, 1.82) is 5.26 Å². The number of nitrogens with one attached hydrogen (secondary N) is 1. The first-order valence-electron chi connectivity index (χ1n) is 8.83. The zero-order valence-corrected chi connectivity index (χ0v) is 14.4. The molecule has 1 aliphatic carbocycles. The predicted molar refractivity (Wildman–Crippen MR) is 93.7 cm³/mol. The van der Waals surface area contributed by atoms with E-state index in [0.717, 1.165) is 49.2 Å². The number of nitriles is 1. The fourth-order valence-corrected chi connectivity index (χ4v) is 4.49. The molecule has 2 aliphatic rings. The molecular formula is C18H22N6O. The summed E-state index contributed by atoms with van der Waals surface area (Å²) in [6.45, 7) is 1.58. The Balaban J connectivity index is 1.48. The highest BCUT2D eigenvalue weighted by Gasteiger charge is 2.40. The first kappa shape index (κ1) is 15.9. The summed E-state index contributed by atoms with van der Waals surface area (Å²) in [5, 5.41) is 9.79. The van der Waals surface area contributed by atoms with E-state index in [1.54, 1.807) is 6.33 Å².